The maximum atomic E-state index is 4.76. The Bertz CT molecular complexity index is 495. The average molecular weight is 289 g/mol. The summed E-state index contributed by atoms with van der Waals surface area (Å²) in [6, 6.07) is 10.5. The minimum absolute atomic E-state index is 0.851. The van der Waals surface area contributed by atoms with Crippen LogP contribution in [0.4, 0.5) is 10.8 Å². The Kier molecular flexibility index (Phi) is 6.02. The van der Waals surface area contributed by atoms with E-state index in [1.54, 1.807) is 11.3 Å². The van der Waals surface area contributed by atoms with Crippen LogP contribution >= 0.6 is 11.3 Å². The van der Waals surface area contributed by atoms with Crippen molar-refractivity contribution in [2.24, 2.45) is 0 Å². The number of rotatable bonds is 8. The Morgan fingerprint density at radius 2 is 2.00 bits per heavy atom. The second kappa shape index (κ2) is 8.02. The molecule has 0 spiro atoms. The molecule has 0 aliphatic carbocycles. The minimum atomic E-state index is 0.851. The molecule has 0 amide bonds. The van der Waals surface area contributed by atoms with E-state index in [1.165, 1.54) is 18.5 Å². The van der Waals surface area contributed by atoms with Gasteiger partial charge in [-0.3, -0.25) is 0 Å². The number of aromatic nitrogens is 1. The first-order valence-corrected chi connectivity index (χ1v) is 8.20. The SMILES string of the molecule is CCCCN(c1ccccc1)c1nc(CNCC)cs1. The second-order valence-corrected chi connectivity index (χ2v) is 5.58. The molecule has 0 saturated carbocycles. The number of anilines is 2. The third-order valence-electron chi connectivity index (χ3n) is 3.13. The first-order valence-electron chi connectivity index (χ1n) is 7.32. The van der Waals surface area contributed by atoms with Gasteiger partial charge in [-0.2, -0.15) is 0 Å². The quantitative estimate of drug-likeness (QED) is 0.789. The molecule has 2 aromatic rings. The molecule has 0 saturated heterocycles. The highest BCUT2D eigenvalue weighted by molar-refractivity contribution is 7.13. The summed E-state index contributed by atoms with van der Waals surface area (Å²) >= 11 is 1.73. The summed E-state index contributed by atoms with van der Waals surface area (Å²) in [5.74, 6) is 0. The van der Waals surface area contributed by atoms with Crippen LogP contribution in [0.2, 0.25) is 0 Å². The number of para-hydroxylation sites is 1. The average Bonchev–Trinajstić information content (AvgIpc) is 2.95. The third-order valence-corrected chi connectivity index (χ3v) is 4.04. The number of thiazole rings is 1. The van der Waals surface area contributed by atoms with Gasteiger partial charge in [-0.1, -0.05) is 38.5 Å². The summed E-state index contributed by atoms with van der Waals surface area (Å²) in [5.41, 5.74) is 2.36. The Balaban J connectivity index is 2.16. The fraction of sp³-hybridized carbons (Fsp3) is 0.438. The molecule has 1 aromatic carbocycles. The molecular weight excluding hydrogens is 266 g/mol. The monoisotopic (exact) mass is 289 g/mol. The zero-order valence-electron chi connectivity index (χ0n) is 12.3. The fourth-order valence-corrected chi connectivity index (χ4v) is 2.89. The summed E-state index contributed by atoms with van der Waals surface area (Å²) < 4.78 is 0. The van der Waals surface area contributed by atoms with Gasteiger partial charge in [0.05, 0.1) is 5.69 Å². The summed E-state index contributed by atoms with van der Waals surface area (Å²) in [5, 5.41) is 6.57. The molecule has 3 nitrogen and oxygen atoms in total. The van der Waals surface area contributed by atoms with Crippen LogP contribution in [0, 0.1) is 0 Å². The van der Waals surface area contributed by atoms with Crippen LogP contribution in [0.3, 0.4) is 0 Å². The zero-order valence-corrected chi connectivity index (χ0v) is 13.1. The number of hydrogen-bond donors (Lipinski definition) is 1. The van der Waals surface area contributed by atoms with Gasteiger partial charge >= 0.3 is 0 Å². The highest BCUT2D eigenvalue weighted by Gasteiger charge is 2.12. The Morgan fingerprint density at radius 1 is 1.20 bits per heavy atom. The molecule has 108 valence electrons. The van der Waals surface area contributed by atoms with E-state index >= 15 is 0 Å². The lowest BCUT2D eigenvalue weighted by atomic mass is 10.2. The normalized spacial score (nSPS) is 10.7. The molecular formula is C16H23N3S. The lowest BCUT2D eigenvalue weighted by Gasteiger charge is -2.21. The molecule has 1 aromatic heterocycles. The van der Waals surface area contributed by atoms with Gasteiger partial charge in [0.1, 0.15) is 0 Å². The van der Waals surface area contributed by atoms with Gasteiger partial charge in [-0.15, -0.1) is 11.3 Å². The summed E-state index contributed by atoms with van der Waals surface area (Å²) in [6.45, 7) is 7.19. The van der Waals surface area contributed by atoms with Gasteiger partial charge in [0, 0.05) is 24.2 Å². The zero-order chi connectivity index (χ0) is 14.2. The highest BCUT2D eigenvalue weighted by Crippen LogP contribution is 2.28. The van der Waals surface area contributed by atoms with Crippen molar-refractivity contribution in [1.82, 2.24) is 10.3 Å². The summed E-state index contributed by atoms with van der Waals surface area (Å²) in [7, 11) is 0. The predicted molar refractivity (Wildman–Crippen MR) is 87.9 cm³/mol. The lowest BCUT2D eigenvalue weighted by Crippen LogP contribution is -2.18. The molecule has 0 unspecified atom stereocenters. The van der Waals surface area contributed by atoms with Gasteiger partial charge < -0.3 is 10.2 Å². The fourth-order valence-electron chi connectivity index (χ4n) is 2.01. The smallest absolute Gasteiger partial charge is 0.190 e. The molecule has 0 radical (unpaired) electrons. The lowest BCUT2D eigenvalue weighted by molar-refractivity contribution is 0.712. The van der Waals surface area contributed by atoms with Crippen molar-refractivity contribution in [3.63, 3.8) is 0 Å². The van der Waals surface area contributed by atoms with Gasteiger partial charge in [-0.05, 0) is 25.1 Å². The van der Waals surface area contributed by atoms with E-state index in [0.717, 1.165) is 30.5 Å². The van der Waals surface area contributed by atoms with Crippen molar-refractivity contribution in [2.45, 2.75) is 33.2 Å². The number of nitrogens with zero attached hydrogens (tertiary/aromatic N) is 2. The van der Waals surface area contributed by atoms with E-state index in [9.17, 15) is 0 Å². The van der Waals surface area contributed by atoms with Crippen LogP contribution in [0.25, 0.3) is 0 Å². The van der Waals surface area contributed by atoms with E-state index in [0.29, 0.717) is 0 Å². The summed E-state index contributed by atoms with van der Waals surface area (Å²) in [4.78, 5) is 7.08. The van der Waals surface area contributed by atoms with Crippen molar-refractivity contribution < 1.29 is 0 Å². The van der Waals surface area contributed by atoms with E-state index in [-0.39, 0.29) is 0 Å². The Hall–Kier alpha value is -1.39. The Labute approximate surface area is 125 Å². The molecule has 4 heteroatoms. The topological polar surface area (TPSA) is 28.2 Å². The third kappa shape index (κ3) is 4.05. The van der Waals surface area contributed by atoms with Crippen molar-refractivity contribution >= 4 is 22.2 Å². The van der Waals surface area contributed by atoms with Crippen molar-refractivity contribution in [1.29, 1.82) is 0 Å². The highest BCUT2D eigenvalue weighted by atomic mass is 32.1. The van der Waals surface area contributed by atoms with Crippen molar-refractivity contribution in [2.75, 3.05) is 18.0 Å². The minimum Gasteiger partial charge on any atom is -0.318 e. The van der Waals surface area contributed by atoms with Crippen LogP contribution in [0.5, 0.6) is 0 Å². The molecule has 2 rings (SSSR count). The molecule has 0 aliphatic rings. The molecule has 0 atom stereocenters. The maximum absolute atomic E-state index is 4.76. The van der Waals surface area contributed by atoms with Gasteiger partial charge in [0.25, 0.3) is 0 Å². The largest absolute Gasteiger partial charge is 0.318 e. The molecule has 0 bridgehead atoms. The molecule has 0 aliphatic heterocycles. The maximum Gasteiger partial charge on any atom is 0.190 e. The number of hydrogen-bond acceptors (Lipinski definition) is 4. The molecule has 20 heavy (non-hydrogen) atoms. The predicted octanol–water partition coefficient (Wildman–Crippen LogP) is 4.19. The van der Waals surface area contributed by atoms with Gasteiger partial charge in [0.2, 0.25) is 0 Å². The van der Waals surface area contributed by atoms with Crippen LogP contribution in [0.1, 0.15) is 32.4 Å². The van der Waals surface area contributed by atoms with E-state index in [2.05, 4.69) is 59.8 Å². The van der Waals surface area contributed by atoms with E-state index in [1.807, 2.05) is 0 Å². The number of benzene rings is 1. The van der Waals surface area contributed by atoms with Gasteiger partial charge in [-0.25, -0.2) is 4.98 Å². The Morgan fingerprint density at radius 3 is 2.70 bits per heavy atom. The summed E-state index contributed by atoms with van der Waals surface area (Å²) in [6.07, 6.45) is 2.37. The number of unbranched alkanes of at least 4 members (excludes halogenated alkanes) is 1. The molecule has 0 fully saturated rings. The van der Waals surface area contributed by atoms with Crippen molar-refractivity contribution in [3.05, 3.63) is 41.4 Å². The van der Waals surface area contributed by atoms with Crippen LogP contribution in [0.15, 0.2) is 35.7 Å². The van der Waals surface area contributed by atoms with Gasteiger partial charge in [0.15, 0.2) is 5.13 Å². The molecule has 1 N–H and O–H groups in total. The van der Waals surface area contributed by atoms with Crippen LogP contribution < -0.4 is 10.2 Å². The first kappa shape index (κ1) is 15.0. The standard InChI is InChI=1S/C16H23N3S/c1-3-5-11-19(15-9-7-6-8-10-15)16-18-14(13-20-16)12-17-4-2/h6-10,13,17H,3-5,11-12H2,1-2H3. The second-order valence-electron chi connectivity index (χ2n) is 4.74. The molecule has 1 heterocycles. The van der Waals surface area contributed by atoms with Crippen LogP contribution in [-0.4, -0.2) is 18.1 Å². The number of nitrogens with one attached hydrogen (secondary N) is 1. The van der Waals surface area contributed by atoms with E-state index < -0.39 is 0 Å². The van der Waals surface area contributed by atoms with Crippen molar-refractivity contribution in [3.8, 4) is 0 Å². The van der Waals surface area contributed by atoms with E-state index in [4.69, 9.17) is 4.98 Å². The first-order chi connectivity index (χ1) is 9.85. The van der Waals surface area contributed by atoms with Crippen LogP contribution in [-0.2, 0) is 6.54 Å².